The van der Waals surface area contributed by atoms with Gasteiger partial charge in [-0.1, -0.05) is 44.4 Å². The van der Waals surface area contributed by atoms with Crippen molar-refractivity contribution >= 4 is 29.1 Å². The van der Waals surface area contributed by atoms with Crippen LogP contribution in [0.25, 0.3) is 11.0 Å². The second-order valence-corrected chi connectivity index (χ2v) is 6.72. The topological polar surface area (TPSA) is 74.9 Å². The number of aryl methyl sites for hydroxylation is 1. The van der Waals surface area contributed by atoms with Gasteiger partial charge in [-0.2, -0.15) is 5.10 Å². The molecule has 4 rings (SSSR count). The Bertz CT molecular complexity index is 862. The van der Waals surface area contributed by atoms with Crippen molar-refractivity contribution in [3.8, 4) is 0 Å². The summed E-state index contributed by atoms with van der Waals surface area (Å²) < 4.78 is 5.83. The fourth-order valence-corrected chi connectivity index (χ4v) is 3.84. The molecule has 6 heteroatoms. The lowest BCUT2D eigenvalue weighted by Crippen LogP contribution is -2.48. The Morgan fingerprint density at radius 3 is 2.76 bits per heavy atom. The van der Waals surface area contributed by atoms with Crippen LogP contribution in [0.3, 0.4) is 0 Å². The number of hydrogen-bond acceptors (Lipinski definition) is 4. The molecule has 3 amide bonds. The van der Waals surface area contributed by atoms with Crippen molar-refractivity contribution in [1.82, 2.24) is 10.3 Å². The van der Waals surface area contributed by atoms with Crippen LogP contribution in [-0.2, 0) is 11.2 Å². The van der Waals surface area contributed by atoms with Gasteiger partial charge in [-0.25, -0.2) is 4.79 Å². The molecule has 1 aromatic heterocycles. The maximum absolute atomic E-state index is 12.8. The fraction of sp³-hybridized carbons (Fsp3) is 0.421. The number of amides is 3. The van der Waals surface area contributed by atoms with Crippen LogP contribution in [0.15, 0.2) is 33.8 Å². The lowest BCUT2D eigenvalue weighted by Gasteiger charge is -2.29. The van der Waals surface area contributed by atoms with E-state index in [0.717, 1.165) is 46.6 Å². The number of hydrogen-bond donors (Lipinski definition) is 1. The third kappa shape index (κ3) is 2.52. The summed E-state index contributed by atoms with van der Waals surface area (Å²) in [5.41, 5.74) is 0.851. The molecule has 2 fully saturated rings. The highest BCUT2D eigenvalue weighted by Crippen LogP contribution is 2.34. The smallest absolute Gasteiger partial charge is 0.346 e. The maximum atomic E-state index is 12.8. The molecule has 1 spiro atoms. The Hall–Kier alpha value is -2.63. The van der Waals surface area contributed by atoms with Crippen molar-refractivity contribution in [3.63, 3.8) is 0 Å². The molecule has 2 heterocycles. The number of hydrazone groups is 1. The standard InChI is InChI=1S/C19H21N3O3/c1-2-15-14(13-8-4-5-9-16(13)25-15)12-20-22-17(23)19(21-18(22)24)10-6-3-7-11-19/h4-5,8-9,12H,2-3,6-7,10-11H2,1H3,(H,21,24). The van der Waals surface area contributed by atoms with E-state index in [2.05, 4.69) is 10.4 Å². The summed E-state index contributed by atoms with van der Waals surface area (Å²) in [7, 11) is 0. The van der Waals surface area contributed by atoms with Crippen LogP contribution >= 0.6 is 0 Å². The minimum Gasteiger partial charge on any atom is -0.460 e. The van der Waals surface area contributed by atoms with E-state index in [1.807, 2.05) is 31.2 Å². The van der Waals surface area contributed by atoms with Crippen molar-refractivity contribution in [2.24, 2.45) is 5.10 Å². The molecular formula is C19H21N3O3. The molecule has 6 nitrogen and oxygen atoms in total. The van der Waals surface area contributed by atoms with Gasteiger partial charge in [0.2, 0.25) is 0 Å². The molecule has 0 unspecified atom stereocenters. The van der Waals surface area contributed by atoms with Crippen LogP contribution in [0.1, 0.15) is 50.4 Å². The van der Waals surface area contributed by atoms with E-state index in [9.17, 15) is 9.59 Å². The number of carbonyl (C=O) groups is 2. The van der Waals surface area contributed by atoms with Gasteiger partial charge in [-0.3, -0.25) is 4.79 Å². The highest BCUT2D eigenvalue weighted by molar-refractivity contribution is 6.08. The average Bonchev–Trinajstić information content (AvgIpc) is 3.10. The number of imide groups is 1. The average molecular weight is 339 g/mol. The number of nitrogens with zero attached hydrogens (tertiary/aromatic N) is 2. The first-order chi connectivity index (χ1) is 12.1. The molecule has 25 heavy (non-hydrogen) atoms. The molecule has 1 aliphatic carbocycles. The highest BCUT2D eigenvalue weighted by atomic mass is 16.3. The molecule has 1 aliphatic heterocycles. The number of nitrogens with one attached hydrogen (secondary N) is 1. The third-order valence-corrected chi connectivity index (χ3v) is 5.18. The lowest BCUT2D eigenvalue weighted by atomic mass is 9.82. The number of carbonyl (C=O) groups excluding carboxylic acids is 2. The van der Waals surface area contributed by atoms with Crippen LogP contribution in [0, 0.1) is 0 Å². The van der Waals surface area contributed by atoms with Crippen LogP contribution in [0.4, 0.5) is 4.79 Å². The van der Waals surface area contributed by atoms with Gasteiger partial charge in [-0.15, -0.1) is 5.01 Å². The number of fused-ring (bicyclic) bond motifs is 1. The molecule has 1 aromatic carbocycles. The number of rotatable bonds is 3. The van der Waals surface area contributed by atoms with E-state index in [-0.39, 0.29) is 5.91 Å². The van der Waals surface area contributed by atoms with Crippen molar-refractivity contribution in [3.05, 3.63) is 35.6 Å². The Kier molecular flexibility index (Phi) is 3.82. The second-order valence-electron chi connectivity index (χ2n) is 6.72. The first-order valence-corrected chi connectivity index (χ1v) is 8.86. The fourth-order valence-electron chi connectivity index (χ4n) is 3.84. The predicted molar refractivity (Wildman–Crippen MR) is 94.4 cm³/mol. The zero-order chi connectivity index (χ0) is 17.4. The lowest BCUT2D eigenvalue weighted by molar-refractivity contribution is -0.132. The minimum absolute atomic E-state index is 0.237. The Balaban J connectivity index is 1.66. The molecule has 1 N–H and O–H groups in total. The van der Waals surface area contributed by atoms with E-state index in [1.165, 1.54) is 0 Å². The highest BCUT2D eigenvalue weighted by Gasteiger charge is 2.51. The monoisotopic (exact) mass is 339 g/mol. The summed E-state index contributed by atoms with van der Waals surface area (Å²) in [4.78, 5) is 25.1. The van der Waals surface area contributed by atoms with E-state index in [4.69, 9.17) is 4.42 Å². The van der Waals surface area contributed by atoms with Crippen LogP contribution in [0.5, 0.6) is 0 Å². The quantitative estimate of drug-likeness (QED) is 0.686. The summed E-state index contributed by atoms with van der Waals surface area (Å²) in [6, 6.07) is 7.26. The Morgan fingerprint density at radius 2 is 2.00 bits per heavy atom. The van der Waals surface area contributed by atoms with E-state index in [0.29, 0.717) is 19.3 Å². The zero-order valence-corrected chi connectivity index (χ0v) is 14.2. The minimum atomic E-state index is -0.751. The largest absolute Gasteiger partial charge is 0.460 e. The van der Waals surface area contributed by atoms with Gasteiger partial charge in [0.15, 0.2) is 0 Å². The van der Waals surface area contributed by atoms with Crippen LogP contribution in [0.2, 0.25) is 0 Å². The molecule has 1 saturated heterocycles. The van der Waals surface area contributed by atoms with Gasteiger partial charge >= 0.3 is 6.03 Å². The molecule has 0 radical (unpaired) electrons. The molecule has 2 aromatic rings. The zero-order valence-electron chi connectivity index (χ0n) is 14.2. The van der Waals surface area contributed by atoms with Crippen molar-refractivity contribution in [2.75, 3.05) is 0 Å². The number of furan rings is 1. The van der Waals surface area contributed by atoms with E-state index >= 15 is 0 Å². The summed E-state index contributed by atoms with van der Waals surface area (Å²) in [5, 5.41) is 9.00. The van der Waals surface area contributed by atoms with E-state index in [1.54, 1.807) is 6.21 Å². The number of para-hydroxylation sites is 1. The van der Waals surface area contributed by atoms with Gasteiger partial charge in [0.1, 0.15) is 16.9 Å². The first kappa shape index (κ1) is 15.9. The van der Waals surface area contributed by atoms with Gasteiger partial charge in [0.05, 0.1) is 6.21 Å². The predicted octanol–water partition coefficient (Wildman–Crippen LogP) is 3.58. The Labute approximate surface area is 145 Å². The van der Waals surface area contributed by atoms with Crippen molar-refractivity contribution in [1.29, 1.82) is 0 Å². The third-order valence-electron chi connectivity index (χ3n) is 5.18. The molecular weight excluding hydrogens is 318 g/mol. The van der Waals surface area contributed by atoms with Crippen molar-refractivity contribution in [2.45, 2.75) is 51.0 Å². The van der Waals surface area contributed by atoms with Gasteiger partial charge in [0, 0.05) is 17.4 Å². The number of benzene rings is 1. The molecule has 130 valence electrons. The van der Waals surface area contributed by atoms with Gasteiger partial charge in [-0.05, 0) is 18.9 Å². The maximum Gasteiger partial charge on any atom is 0.346 e. The summed E-state index contributed by atoms with van der Waals surface area (Å²) in [6.45, 7) is 2.00. The van der Waals surface area contributed by atoms with Crippen molar-refractivity contribution < 1.29 is 14.0 Å². The number of urea groups is 1. The summed E-state index contributed by atoms with van der Waals surface area (Å²) in [5.74, 6) is 0.559. The molecule has 0 atom stereocenters. The summed E-state index contributed by atoms with van der Waals surface area (Å²) in [6.07, 6.45) is 6.68. The Morgan fingerprint density at radius 1 is 1.24 bits per heavy atom. The van der Waals surface area contributed by atoms with Crippen LogP contribution in [-0.4, -0.2) is 28.7 Å². The van der Waals surface area contributed by atoms with Gasteiger partial charge in [0.25, 0.3) is 5.91 Å². The molecule has 2 aliphatic rings. The summed E-state index contributed by atoms with van der Waals surface area (Å²) >= 11 is 0. The SMILES string of the molecule is CCc1oc2ccccc2c1C=NN1C(=O)NC2(CCCCC2)C1=O. The normalized spacial score (nSPS) is 20.1. The van der Waals surface area contributed by atoms with E-state index < -0.39 is 11.6 Å². The molecule has 0 bridgehead atoms. The van der Waals surface area contributed by atoms with Crippen LogP contribution < -0.4 is 5.32 Å². The second kappa shape index (κ2) is 6.02. The van der Waals surface area contributed by atoms with Gasteiger partial charge < -0.3 is 9.73 Å². The first-order valence-electron chi connectivity index (χ1n) is 8.86. The molecule has 1 saturated carbocycles.